The number of hydrogen-bond donors (Lipinski definition) is 0. The summed E-state index contributed by atoms with van der Waals surface area (Å²) in [6.45, 7) is 5.06. The zero-order valence-electron chi connectivity index (χ0n) is 13.2. The zero-order chi connectivity index (χ0) is 16.1. The number of Topliss-reactive ketones (excluding diaryl/α,β-unsaturated/α-hetero) is 1. The molecule has 1 fully saturated rings. The Labute approximate surface area is 136 Å². The topological polar surface area (TPSA) is 48.3 Å². The lowest BCUT2D eigenvalue weighted by Gasteiger charge is -2.33. The maximum absolute atomic E-state index is 11.3. The molecule has 118 valence electrons. The molecule has 1 heterocycles. The van der Waals surface area contributed by atoms with E-state index >= 15 is 0 Å². The van der Waals surface area contributed by atoms with Gasteiger partial charge in [-0.05, 0) is 43.3 Å². The van der Waals surface area contributed by atoms with Crippen molar-refractivity contribution in [3.05, 3.63) is 60.2 Å². The van der Waals surface area contributed by atoms with Gasteiger partial charge in [0.1, 0.15) is 0 Å². The van der Waals surface area contributed by atoms with Crippen LogP contribution < -0.4 is 4.90 Å². The van der Waals surface area contributed by atoms with Gasteiger partial charge in [-0.25, -0.2) is 0 Å². The number of hydrogen-bond acceptors (Lipinski definition) is 4. The molecule has 0 saturated carbocycles. The minimum absolute atomic E-state index is 0.0997. The quantitative estimate of drug-likeness (QED) is 0.639. The summed E-state index contributed by atoms with van der Waals surface area (Å²) in [7, 11) is 0. The summed E-state index contributed by atoms with van der Waals surface area (Å²) in [5, 5.41) is 10.6. The molecule has 2 aromatic carbocycles. The van der Waals surface area contributed by atoms with Crippen molar-refractivity contribution in [1.82, 2.24) is 5.01 Å². The van der Waals surface area contributed by atoms with Crippen LogP contribution in [0.1, 0.15) is 17.3 Å². The van der Waals surface area contributed by atoms with Gasteiger partial charge in [-0.3, -0.25) is 9.80 Å². The number of piperazine rings is 1. The molecule has 5 nitrogen and oxygen atoms in total. The van der Waals surface area contributed by atoms with Gasteiger partial charge in [0.2, 0.25) is 0 Å². The van der Waals surface area contributed by atoms with Gasteiger partial charge in [0.15, 0.2) is 5.78 Å². The first-order chi connectivity index (χ1) is 11.2. The highest BCUT2D eigenvalue weighted by molar-refractivity contribution is 5.94. The van der Waals surface area contributed by atoms with Crippen LogP contribution in [0.3, 0.4) is 0 Å². The molecule has 0 aliphatic carbocycles. The molecule has 0 atom stereocenters. The van der Waals surface area contributed by atoms with Crippen LogP contribution in [0.4, 0.5) is 11.4 Å². The van der Waals surface area contributed by atoms with Crippen molar-refractivity contribution in [2.24, 2.45) is 10.3 Å². The fourth-order valence-electron chi connectivity index (χ4n) is 2.56. The maximum atomic E-state index is 11.3. The van der Waals surface area contributed by atoms with Gasteiger partial charge in [0.05, 0.1) is 18.8 Å². The smallest absolute Gasteiger partial charge is 0.159 e. The van der Waals surface area contributed by atoms with E-state index in [1.807, 2.05) is 59.6 Å². The molecule has 5 heteroatoms. The normalized spacial score (nSPS) is 15.2. The van der Waals surface area contributed by atoms with Crippen molar-refractivity contribution in [3.63, 3.8) is 0 Å². The number of anilines is 1. The van der Waals surface area contributed by atoms with Crippen LogP contribution >= 0.6 is 0 Å². The molecule has 3 rings (SSSR count). The molecule has 1 aliphatic rings. The second-order valence-electron chi connectivity index (χ2n) is 5.57. The summed E-state index contributed by atoms with van der Waals surface area (Å²) in [6.07, 6.45) is 0. The summed E-state index contributed by atoms with van der Waals surface area (Å²) in [6, 6.07) is 17.6. The molecule has 0 radical (unpaired) electrons. The van der Waals surface area contributed by atoms with E-state index in [1.165, 1.54) is 0 Å². The third kappa shape index (κ3) is 3.94. The molecule has 23 heavy (non-hydrogen) atoms. The first-order valence-electron chi connectivity index (χ1n) is 7.80. The van der Waals surface area contributed by atoms with Gasteiger partial charge in [-0.2, -0.15) is 0 Å². The van der Waals surface area contributed by atoms with E-state index in [0.717, 1.165) is 43.1 Å². The van der Waals surface area contributed by atoms with Crippen LogP contribution in [0.5, 0.6) is 0 Å². The van der Waals surface area contributed by atoms with Crippen molar-refractivity contribution in [2.45, 2.75) is 6.92 Å². The van der Waals surface area contributed by atoms with E-state index in [4.69, 9.17) is 0 Å². The molecule has 0 N–H and O–H groups in total. The highest BCUT2D eigenvalue weighted by Crippen LogP contribution is 2.18. The van der Waals surface area contributed by atoms with Crippen molar-refractivity contribution < 1.29 is 4.79 Å². The van der Waals surface area contributed by atoms with E-state index in [-0.39, 0.29) is 5.78 Å². The Hall–Kier alpha value is -2.69. The van der Waals surface area contributed by atoms with E-state index in [0.29, 0.717) is 0 Å². The Balaban J connectivity index is 1.56. The van der Waals surface area contributed by atoms with E-state index < -0.39 is 0 Å². The summed E-state index contributed by atoms with van der Waals surface area (Å²) in [5.74, 6) is 0.0997. The van der Waals surface area contributed by atoms with Gasteiger partial charge in [0, 0.05) is 24.3 Å². The summed E-state index contributed by atoms with van der Waals surface area (Å²) >= 11 is 0. The highest BCUT2D eigenvalue weighted by Gasteiger charge is 2.16. The van der Waals surface area contributed by atoms with Crippen LogP contribution in [0.15, 0.2) is 64.9 Å². The van der Waals surface area contributed by atoms with Crippen LogP contribution in [-0.4, -0.2) is 37.0 Å². The Morgan fingerprint density at radius 3 is 2.17 bits per heavy atom. The second kappa shape index (κ2) is 7.05. The largest absolute Gasteiger partial charge is 0.368 e. The molecule has 0 spiro atoms. The predicted molar refractivity (Wildman–Crippen MR) is 91.2 cm³/mol. The average Bonchev–Trinajstić information content (AvgIpc) is 2.61. The van der Waals surface area contributed by atoms with Crippen molar-refractivity contribution in [1.29, 1.82) is 0 Å². The molecular formula is C18H20N4O. The Morgan fingerprint density at radius 2 is 1.57 bits per heavy atom. The number of rotatable bonds is 4. The van der Waals surface area contributed by atoms with E-state index in [2.05, 4.69) is 15.2 Å². The summed E-state index contributed by atoms with van der Waals surface area (Å²) in [4.78, 5) is 13.6. The van der Waals surface area contributed by atoms with Crippen molar-refractivity contribution in [2.75, 3.05) is 31.1 Å². The number of nitrogens with zero attached hydrogens (tertiary/aromatic N) is 4. The monoisotopic (exact) mass is 308 g/mol. The summed E-state index contributed by atoms with van der Waals surface area (Å²) < 4.78 is 0. The van der Waals surface area contributed by atoms with Gasteiger partial charge < -0.3 is 4.90 Å². The van der Waals surface area contributed by atoms with Gasteiger partial charge >= 0.3 is 0 Å². The standard InChI is InChI=1S/C18H20N4O/c1-15(23)16-7-9-18(10-8-16)21-11-13-22(14-12-21)20-19-17-5-3-2-4-6-17/h2-10H,11-14H2,1H3. The number of benzene rings is 2. The molecular weight excluding hydrogens is 288 g/mol. The molecule has 1 aliphatic heterocycles. The molecule has 0 amide bonds. The SMILES string of the molecule is CC(=O)c1ccc(N2CCN(N=Nc3ccccc3)CC2)cc1. The fraction of sp³-hybridized carbons (Fsp3) is 0.278. The molecule has 0 unspecified atom stereocenters. The zero-order valence-corrected chi connectivity index (χ0v) is 13.2. The molecule has 0 bridgehead atoms. The average molecular weight is 308 g/mol. The number of carbonyl (C=O) groups is 1. The highest BCUT2D eigenvalue weighted by atomic mass is 16.1. The maximum Gasteiger partial charge on any atom is 0.159 e. The third-order valence-electron chi connectivity index (χ3n) is 3.94. The Morgan fingerprint density at radius 1 is 0.913 bits per heavy atom. The first-order valence-corrected chi connectivity index (χ1v) is 7.80. The van der Waals surface area contributed by atoms with E-state index in [9.17, 15) is 4.79 Å². The number of carbonyl (C=O) groups excluding carboxylic acids is 1. The minimum atomic E-state index is 0.0997. The first kappa shape index (κ1) is 15.2. The summed E-state index contributed by atoms with van der Waals surface area (Å²) in [5.41, 5.74) is 2.77. The lowest BCUT2D eigenvalue weighted by atomic mass is 10.1. The predicted octanol–water partition coefficient (Wildman–Crippen LogP) is 3.71. The van der Waals surface area contributed by atoms with Gasteiger partial charge in [-0.1, -0.05) is 23.4 Å². The Kier molecular flexibility index (Phi) is 4.66. The van der Waals surface area contributed by atoms with Gasteiger partial charge in [-0.15, -0.1) is 5.11 Å². The third-order valence-corrected chi connectivity index (χ3v) is 3.94. The minimum Gasteiger partial charge on any atom is -0.368 e. The molecule has 0 aromatic heterocycles. The lowest BCUT2D eigenvalue weighted by Crippen LogP contribution is -2.43. The van der Waals surface area contributed by atoms with Crippen LogP contribution in [-0.2, 0) is 0 Å². The van der Waals surface area contributed by atoms with Crippen LogP contribution in [0.25, 0.3) is 0 Å². The second-order valence-corrected chi connectivity index (χ2v) is 5.57. The fourth-order valence-corrected chi connectivity index (χ4v) is 2.56. The van der Waals surface area contributed by atoms with Crippen molar-refractivity contribution in [3.8, 4) is 0 Å². The molecule has 2 aromatic rings. The Bertz CT molecular complexity index is 674. The van der Waals surface area contributed by atoms with Gasteiger partial charge in [0.25, 0.3) is 0 Å². The van der Waals surface area contributed by atoms with Crippen LogP contribution in [0, 0.1) is 0 Å². The lowest BCUT2D eigenvalue weighted by molar-refractivity contribution is 0.101. The van der Waals surface area contributed by atoms with E-state index in [1.54, 1.807) is 6.92 Å². The molecule has 1 saturated heterocycles. The van der Waals surface area contributed by atoms with Crippen molar-refractivity contribution >= 4 is 17.2 Å². The van der Waals surface area contributed by atoms with Crippen LogP contribution in [0.2, 0.25) is 0 Å². The number of ketones is 1.